The van der Waals surface area contributed by atoms with E-state index in [-0.39, 0.29) is 17.2 Å². The fourth-order valence-electron chi connectivity index (χ4n) is 1.90. The van der Waals surface area contributed by atoms with Crippen molar-refractivity contribution in [3.63, 3.8) is 0 Å². The van der Waals surface area contributed by atoms with E-state index in [2.05, 4.69) is 35.6 Å². The van der Waals surface area contributed by atoms with Crippen LogP contribution in [0.2, 0.25) is 0 Å². The maximum absolute atomic E-state index is 11.9. The minimum absolute atomic E-state index is 0.0800. The van der Waals surface area contributed by atoms with Gasteiger partial charge in [-0.25, -0.2) is 0 Å². The van der Waals surface area contributed by atoms with E-state index in [4.69, 9.17) is 0 Å². The molecule has 0 fully saturated rings. The number of nitrogens with one attached hydrogen (secondary N) is 1. The van der Waals surface area contributed by atoms with Crippen LogP contribution >= 0.6 is 11.8 Å². The highest BCUT2D eigenvalue weighted by Crippen LogP contribution is 2.27. The maximum Gasteiger partial charge on any atom is 0.233 e. The summed E-state index contributed by atoms with van der Waals surface area (Å²) in [7, 11) is 0. The highest BCUT2D eigenvalue weighted by atomic mass is 32.2. The number of rotatable bonds is 4. The summed E-state index contributed by atoms with van der Waals surface area (Å²) in [5.41, 5.74) is 0. The van der Waals surface area contributed by atoms with Crippen molar-refractivity contribution >= 4 is 28.4 Å². The fraction of sp³-hybridized carbons (Fsp3) is 0.312. The Morgan fingerprint density at radius 1 is 1.05 bits per heavy atom. The first-order valence-electron chi connectivity index (χ1n) is 6.52. The van der Waals surface area contributed by atoms with Crippen LogP contribution in [-0.2, 0) is 4.79 Å². The molecule has 1 amide bonds. The van der Waals surface area contributed by atoms with Crippen LogP contribution in [0.1, 0.15) is 20.8 Å². The molecule has 0 radical (unpaired) electrons. The van der Waals surface area contributed by atoms with E-state index in [0.717, 1.165) is 4.90 Å². The van der Waals surface area contributed by atoms with Gasteiger partial charge in [0.1, 0.15) is 0 Å². The lowest BCUT2D eigenvalue weighted by Crippen LogP contribution is -2.35. The molecule has 0 spiro atoms. The average Bonchev–Trinajstić information content (AvgIpc) is 2.37. The minimum atomic E-state index is -0.0800. The molecule has 3 heteroatoms. The van der Waals surface area contributed by atoms with Gasteiger partial charge < -0.3 is 5.32 Å². The zero-order chi connectivity index (χ0) is 13.8. The van der Waals surface area contributed by atoms with Gasteiger partial charge in [-0.3, -0.25) is 4.79 Å². The van der Waals surface area contributed by atoms with Crippen LogP contribution in [0.3, 0.4) is 0 Å². The van der Waals surface area contributed by atoms with Gasteiger partial charge in [-0.2, -0.15) is 0 Å². The lowest BCUT2D eigenvalue weighted by molar-refractivity contribution is -0.120. The molecule has 0 unspecified atom stereocenters. The molecule has 0 aliphatic carbocycles. The summed E-state index contributed by atoms with van der Waals surface area (Å²) in [5.74, 6) is 0.0909. The van der Waals surface area contributed by atoms with E-state index in [1.165, 1.54) is 10.8 Å². The number of hydrogen-bond donors (Lipinski definition) is 1. The van der Waals surface area contributed by atoms with Crippen LogP contribution < -0.4 is 5.32 Å². The number of carbonyl (C=O) groups is 1. The highest BCUT2D eigenvalue weighted by molar-refractivity contribution is 8.00. The Balaban J connectivity index is 2.10. The van der Waals surface area contributed by atoms with Crippen molar-refractivity contribution in [2.24, 2.45) is 0 Å². The standard InChI is InChI=1S/C16H19NOS/c1-11(2)17-16(18)12(3)19-15-9-8-13-6-4-5-7-14(13)10-15/h4-12H,1-3H3,(H,17,18)/t12-/m0/s1. The van der Waals surface area contributed by atoms with Crippen LogP contribution in [0.4, 0.5) is 0 Å². The first kappa shape index (κ1) is 13.9. The van der Waals surface area contributed by atoms with Crippen LogP contribution in [-0.4, -0.2) is 17.2 Å². The molecular formula is C16H19NOS. The van der Waals surface area contributed by atoms with Crippen molar-refractivity contribution in [1.82, 2.24) is 5.32 Å². The summed E-state index contributed by atoms with van der Waals surface area (Å²) >= 11 is 1.60. The molecular weight excluding hydrogens is 254 g/mol. The van der Waals surface area contributed by atoms with Gasteiger partial charge in [-0.05, 0) is 43.7 Å². The Kier molecular flexibility index (Phi) is 4.48. The molecule has 0 aliphatic heterocycles. The second-order valence-electron chi connectivity index (χ2n) is 4.93. The second kappa shape index (κ2) is 6.11. The van der Waals surface area contributed by atoms with Gasteiger partial charge in [0.25, 0.3) is 0 Å². The quantitative estimate of drug-likeness (QED) is 0.857. The first-order chi connectivity index (χ1) is 9.06. The van der Waals surface area contributed by atoms with Crippen LogP contribution in [0, 0.1) is 0 Å². The Labute approximate surface area is 118 Å². The molecule has 0 saturated carbocycles. The third kappa shape index (κ3) is 3.74. The van der Waals surface area contributed by atoms with Gasteiger partial charge in [-0.1, -0.05) is 30.3 Å². The highest BCUT2D eigenvalue weighted by Gasteiger charge is 2.14. The molecule has 0 saturated heterocycles. The first-order valence-corrected chi connectivity index (χ1v) is 7.40. The molecule has 2 aromatic rings. The number of hydrogen-bond acceptors (Lipinski definition) is 2. The summed E-state index contributed by atoms with van der Waals surface area (Å²) in [5, 5.41) is 5.30. The summed E-state index contributed by atoms with van der Waals surface area (Å²) in [4.78, 5) is 13.0. The zero-order valence-corrected chi connectivity index (χ0v) is 12.3. The smallest absolute Gasteiger partial charge is 0.233 e. The lowest BCUT2D eigenvalue weighted by atomic mass is 10.1. The number of thioether (sulfide) groups is 1. The number of fused-ring (bicyclic) bond motifs is 1. The van der Waals surface area contributed by atoms with Crippen molar-refractivity contribution in [1.29, 1.82) is 0 Å². The Morgan fingerprint density at radius 3 is 2.42 bits per heavy atom. The second-order valence-corrected chi connectivity index (χ2v) is 6.35. The zero-order valence-electron chi connectivity index (χ0n) is 11.5. The van der Waals surface area contributed by atoms with Gasteiger partial charge in [0.2, 0.25) is 5.91 Å². The largest absolute Gasteiger partial charge is 0.353 e. The predicted octanol–water partition coefficient (Wildman–Crippen LogP) is 3.85. The lowest BCUT2D eigenvalue weighted by Gasteiger charge is -2.14. The minimum Gasteiger partial charge on any atom is -0.353 e. The van der Waals surface area contributed by atoms with Crippen molar-refractivity contribution < 1.29 is 4.79 Å². The summed E-state index contributed by atoms with van der Waals surface area (Å²) in [6.45, 7) is 5.90. The van der Waals surface area contributed by atoms with E-state index in [1.54, 1.807) is 11.8 Å². The molecule has 1 N–H and O–H groups in total. The topological polar surface area (TPSA) is 29.1 Å². The molecule has 0 aliphatic rings. The van der Waals surface area contributed by atoms with E-state index >= 15 is 0 Å². The third-order valence-corrected chi connectivity index (χ3v) is 3.93. The Morgan fingerprint density at radius 2 is 1.74 bits per heavy atom. The number of carbonyl (C=O) groups excluding carboxylic acids is 1. The molecule has 0 heterocycles. The summed E-state index contributed by atoms with van der Waals surface area (Å²) in [6, 6.07) is 14.8. The monoisotopic (exact) mass is 273 g/mol. The van der Waals surface area contributed by atoms with Crippen molar-refractivity contribution in [2.75, 3.05) is 0 Å². The Hall–Kier alpha value is -1.48. The Bertz CT molecular complexity index is 580. The molecule has 2 aromatic carbocycles. The fourth-order valence-corrected chi connectivity index (χ4v) is 2.83. The molecule has 0 aromatic heterocycles. The van der Waals surface area contributed by atoms with Gasteiger partial charge in [0.05, 0.1) is 5.25 Å². The maximum atomic E-state index is 11.9. The van der Waals surface area contributed by atoms with Gasteiger partial charge >= 0.3 is 0 Å². The molecule has 2 nitrogen and oxygen atoms in total. The summed E-state index contributed by atoms with van der Waals surface area (Å²) in [6.07, 6.45) is 0. The van der Waals surface area contributed by atoms with Crippen LogP contribution in [0.15, 0.2) is 47.4 Å². The average molecular weight is 273 g/mol. The van der Waals surface area contributed by atoms with Crippen LogP contribution in [0.25, 0.3) is 10.8 Å². The van der Waals surface area contributed by atoms with E-state index in [1.807, 2.05) is 32.9 Å². The van der Waals surface area contributed by atoms with Crippen molar-refractivity contribution in [2.45, 2.75) is 37.0 Å². The van der Waals surface area contributed by atoms with Crippen molar-refractivity contribution in [3.05, 3.63) is 42.5 Å². The SMILES string of the molecule is CC(C)NC(=O)[C@H](C)Sc1ccc2ccccc2c1. The van der Waals surface area contributed by atoms with E-state index < -0.39 is 0 Å². The summed E-state index contributed by atoms with van der Waals surface area (Å²) < 4.78 is 0. The molecule has 1 atom stereocenters. The number of amides is 1. The predicted molar refractivity (Wildman–Crippen MR) is 82.5 cm³/mol. The van der Waals surface area contributed by atoms with Gasteiger partial charge in [0.15, 0.2) is 0 Å². The molecule has 0 bridgehead atoms. The van der Waals surface area contributed by atoms with E-state index in [9.17, 15) is 4.79 Å². The third-order valence-electron chi connectivity index (χ3n) is 2.83. The van der Waals surface area contributed by atoms with Gasteiger partial charge in [0, 0.05) is 10.9 Å². The van der Waals surface area contributed by atoms with Crippen molar-refractivity contribution in [3.8, 4) is 0 Å². The molecule has 100 valence electrons. The van der Waals surface area contributed by atoms with Gasteiger partial charge in [-0.15, -0.1) is 11.8 Å². The molecule has 19 heavy (non-hydrogen) atoms. The number of benzene rings is 2. The normalized spacial score (nSPS) is 12.6. The van der Waals surface area contributed by atoms with Crippen LogP contribution in [0.5, 0.6) is 0 Å². The molecule has 2 rings (SSSR count). The van der Waals surface area contributed by atoms with E-state index in [0.29, 0.717) is 0 Å².